The van der Waals surface area contributed by atoms with E-state index < -0.39 is 6.04 Å². The summed E-state index contributed by atoms with van der Waals surface area (Å²) in [7, 11) is 0. The summed E-state index contributed by atoms with van der Waals surface area (Å²) in [5.74, 6) is -0.217. The summed E-state index contributed by atoms with van der Waals surface area (Å²) >= 11 is 6.12. The van der Waals surface area contributed by atoms with Crippen LogP contribution in [0, 0.1) is 0 Å². The molecule has 1 N–H and O–H groups in total. The molecule has 2 aromatic carbocycles. The van der Waals surface area contributed by atoms with E-state index in [9.17, 15) is 9.59 Å². The standard InChI is InChI=1S/C23H29ClN2O2/c1-5-21(27)26(16-18-12-9-13-19(24)14-18)20(22(28)25-23(2,3)4)15-17-10-7-6-8-11-17/h6-14,20H,5,15-16H2,1-4H3,(H,25,28)/t20-/m1/s1. The number of nitrogens with one attached hydrogen (secondary N) is 1. The Labute approximate surface area is 172 Å². The zero-order chi connectivity index (χ0) is 20.7. The van der Waals surface area contributed by atoms with E-state index >= 15 is 0 Å². The summed E-state index contributed by atoms with van der Waals surface area (Å²) in [6.07, 6.45) is 0.781. The van der Waals surface area contributed by atoms with Gasteiger partial charge in [-0.3, -0.25) is 9.59 Å². The summed E-state index contributed by atoms with van der Waals surface area (Å²) in [6, 6.07) is 16.6. The quantitative estimate of drug-likeness (QED) is 0.738. The Kier molecular flexibility index (Phi) is 7.64. The SMILES string of the molecule is CCC(=O)N(Cc1cccc(Cl)c1)[C@H](Cc1ccccc1)C(=O)NC(C)(C)C. The Balaban J connectivity index is 2.38. The summed E-state index contributed by atoms with van der Waals surface area (Å²) in [4.78, 5) is 27.6. The van der Waals surface area contributed by atoms with Crippen molar-refractivity contribution in [2.24, 2.45) is 0 Å². The number of amides is 2. The summed E-state index contributed by atoms with van der Waals surface area (Å²) in [5, 5.41) is 3.65. The van der Waals surface area contributed by atoms with Crippen molar-refractivity contribution in [1.82, 2.24) is 10.2 Å². The van der Waals surface area contributed by atoms with Crippen molar-refractivity contribution in [3.63, 3.8) is 0 Å². The number of halogens is 1. The van der Waals surface area contributed by atoms with Crippen molar-refractivity contribution in [3.05, 3.63) is 70.7 Å². The summed E-state index contributed by atoms with van der Waals surface area (Å²) in [5.41, 5.74) is 1.52. The highest BCUT2D eigenvalue weighted by molar-refractivity contribution is 6.30. The molecular formula is C23H29ClN2O2. The molecule has 0 aliphatic rings. The summed E-state index contributed by atoms with van der Waals surface area (Å²) in [6.45, 7) is 7.96. The molecule has 0 saturated heterocycles. The first kappa shape index (κ1) is 22.0. The molecule has 0 saturated carbocycles. The number of hydrogen-bond donors (Lipinski definition) is 1. The number of rotatable bonds is 7. The molecule has 0 bridgehead atoms. The number of benzene rings is 2. The van der Waals surface area contributed by atoms with Crippen molar-refractivity contribution in [2.75, 3.05) is 0 Å². The van der Waals surface area contributed by atoms with Gasteiger partial charge in [-0.25, -0.2) is 0 Å². The van der Waals surface area contributed by atoms with E-state index in [1.807, 2.05) is 76.2 Å². The Bertz CT molecular complexity index is 800. The third-order valence-electron chi connectivity index (χ3n) is 4.31. The first-order chi connectivity index (χ1) is 13.2. The second-order valence-electron chi connectivity index (χ2n) is 7.95. The van der Waals surface area contributed by atoms with Crippen molar-refractivity contribution in [3.8, 4) is 0 Å². The number of nitrogens with zero attached hydrogens (tertiary/aromatic N) is 1. The Hall–Kier alpha value is -2.33. The lowest BCUT2D eigenvalue weighted by Gasteiger charge is -2.33. The van der Waals surface area contributed by atoms with E-state index in [0.29, 0.717) is 24.4 Å². The van der Waals surface area contributed by atoms with E-state index in [1.54, 1.807) is 11.0 Å². The molecule has 0 unspecified atom stereocenters. The van der Waals surface area contributed by atoms with Crippen molar-refractivity contribution in [1.29, 1.82) is 0 Å². The molecule has 0 radical (unpaired) electrons. The predicted molar refractivity (Wildman–Crippen MR) is 114 cm³/mol. The van der Waals surface area contributed by atoms with E-state index in [1.165, 1.54) is 0 Å². The lowest BCUT2D eigenvalue weighted by Crippen LogP contribution is -2.54. The fourth-order valence-corrected chi connectivity index (χ4v) is 3.25. The van der Waals surface area contributed by atoms with E-state index in [2.05, 4.69) is 5.32 Å². The second kappa shape index (κ2) is 9.74. The van der Waals surface area contributed by atoms with Crippen molar-refractivity contribution >= 4 is 23.4 Å². The molecule has 150 valence electrons. The maximum atomic E-state index is 13.2. The topological polar surface area (TPSA) is 49.4 Å². The van der Waals surface area contributed by atoms with Crippen LogP contribution in [-0.4, -0.2) is 28.3 Å². The molecule has 0 aliphatic carbocycles. The minimum Gasteiger partial charge on any atom is -0.350 e. The predicted octanol–water partition coefficient (Wildman–Crippen LogP) is 4.60. The molecule has 0 fully saturated rings. The highest BCUT2D eigenvalue weighted by Gasteiger charge is 2.31. The van der Waals surface area contributed by atoms with Crippen LogP contribution in [0.4, 0.5) is 0 Å². The smallest absolute Gasteiger partial charge is 0.243 e. The van der Waals surface area contributed by atoms with Crippen LogP contribution in [0.15, 0.2) is 54.6 Å². The fraction of sp³-hybridized carbons (Fsp3) is 0.391. The van der Waals surface area contributed by atoms with Crippen molar-refractivity contribution < 1.29 is 9.59 Å². The summed E-state index contributed by atoms with van der Waals surface area (Å²) < 4.78 is 0. The van der Waals surface area contributed by atoms with Crippen LogP contribution >= 0.6 is 11.6 Å². The van der Waals surface area contributed by atoms with Gasteiger partial charge in [-0.2, -0.15) is 0 Å². The normalized spacial score (nSPS) is 12.3. The van der Waals surface area contributed by atoms with Crippen LogP contribution in [0.1, 0.15) is 45.2 Å². The molecule has 0 aliphatic heterocycles. The van der Waals surface area contributed by atoms with E-state index in [-0.39, 0.29) is 17.4 Å². The van der Waals surface area contributed by atoms with Gasteiger partial charge in [0.1, 0.15) is 6.04 Å². The number of hydrogen-bond acceptors (Lipinski definition) is 2. The van der Waals surface area contributed by atoms with Crippen LogP contribution in [0.25, 0.3) is 0 Å². The maximum Gasteiger partial charge on any atom is 0.243 e. The Morgan fingerprint density at radius 3 is 2.25 bits per heavy atom. The highest BCUT2D eigenvalue weighted by atomic mass is 35.5. The molecule has 0 heterocycles. The minimum atomic E-state index is -0.604. The third kappa shape index (κ3) is 6.68. The van der Waals surface area contributed by atoms with Crippen LogP contribution in [0.3, 0.4) is 0 Å². The van der Waals surface area contributed by atoms with Gasteiger partial charge in [0.25, 0.3) is 0 Å². The van der Waals surface area contributed by atoms with Gasteiger partial charge in [-0.05, 0) is 44.0 Å². The maximum absolute atomic E-state index is 13.2. The Morgan fingerprint density at radius 1 is 1.04 bits per heavy atom. The van der Waals surface area contributed by atoms with Gasteiger partial charge in [-0.15, -0.1) is 0 Å². The fourth-order valence-electron chi connectivity index (χ4n) is 3.04. The van der Waals surface area contributed by atoms with Crippen LogP contribution in [0.5, 0.6) is 0 Å². The first-order valence-corrected chi connectivity index (χ1v) is 9.97. The zero-order valence-corrected chi connectivity index (χ0v) is 17.8. The second-order valence-corrected chi connectivity index (χ2v) is 8.39. The highest BCUT2D eigenvalue weighted by Crippen LogP contribution is 2.18. The lowest BCUT2D eigenvalue weighted by atomic mass is 10.0. The Morgan fingerprint density at radius 2 is 1.68 bits per heavy atom. The third-order valence-corrected chi connectivity index (χ3v) is 4.55. The molecule has 1 atom stereocenters. The van der Waals surface area contributed by atoms with Gasteiger partial charge in [0.2, 0.25) is 11.8 Å². The van der Waals surface area contributed by atoms with Gasteiger partial charge in [0, 0.05) is 29.9 Å². The molecule has 2 rings (SSSR count). The molecular weight excluding hydrogens is 372 g/mol. The van der Waals surface area contributed by atoms with Gasteiger partial charge in [-0.1, -0.05) is 61.0 Å². The molecule has 4 nitrogen and oxygen atoms in total. The van der Waals surface area contributed by atoms with Gasteiger partial charge in [0.05, 0.1) is 0 Å². The lowest BCUT2D eigenvalue weighted by molar-refractivity contribution is -0.141. The minimum absolute atomic E-state index is 0.0648. The van der Waals surface area contributed by atoms with E-state index in [4.69, 9.17) is 11.6 Å². The van der Waals surface area contributed by atoms with Gasteiger partial charge < -0.3 is 10.2 Å². The van der Waals surface area contributed by atoms with Crippen molar-refractivity contribution in [2.45, 2.75) is 58.7 Å². The molecule has 28 heavy (non-hydrogen) atoms. The van der Waals surface area contributed by atoms with Gasteiger partial charge in [0.15, 0.2) is 0 Å². The molecule has 2 amide bonds. The number of carbonyl (C=O) groups excluding carboxylic acids is 2. The average molecular weight is 401 g/mol. The van der Waals surface area contributed by atoms with E-state index in [0.717, 1.165) is 11.1 Å². The average Bonchev–Trinajstić information content (AvgIpc) is 2.63. The zero-order valence-electron chi connectivity index (χ0n) is 17.0. The molecule has 2 aromatic rings. The first-order valence-electron chi connectivity index (χ1n) is 9.59. The monoisotopic (exact) mass is 400 g/mol. The van der Waals surface area contributed by atoms with Crippen LogP contribution < -0.4 is 5.32 Å². The molecule has 0 aromatic heterocycles. The molecule has 0 spiro atoms. The van der Waals surface area contributed by atoms with Crippen LogP contribution in [0.2, 0.25) is 5.02 Å². The largest absolute Gasteiger partial charge is 0.350 e. The number of carbonyl (C=O) groups is 2. The van der Waals surface area contributed by atoms with Gasteiger partial charge >= 0.3 is 0 Å². The molecule has 5 heteroatoms. The van der Waals surface area contributed by atoms with Crippen LogP contribution in [-0.2, 0) is 22.6 Å².